The van der Waals surface area contributed by atoms with E-state index in [1.165, 1.54) is 12.8 Å². The molecule has 0 aliphatic carbocycles. The molecular formula is C12H22N4S. The van der Waals surface area contributed by atoms with Crippen molar-refractivity contribution in [2.45, 2.75) is 37.8 Å². The lowest BCUT2D eigenvalue weighted by molar-refractivity contribution is 0.660. The molecule has 4 nitrogen and oxygen atoms in total. The lowest BCUT2D eigenvalue weighted by Gasteiger charge is -2.07. The Morgan fingerprint density at radius 2 is 2.00 bits per heavy atom. The Kier molecular flexibility index (Phi) is 6.96. The van der Waals surface area contributed by atoms with Crippen LogP contribution in [0.15, 0.2) is 11.2 Å². The Balaban J connectivity index is 2.28. The number of nitrogens with one attached hydrogen (secondary N) is 1. The quantitative estimate of drug-likeness (QED) is 0.424. The van der Waals surface area contributed by atoms with Gasteiger partial charge in [-0.15, -0.1) is 0 Å². The summed E-state index contributed by atoms with van der Waals surface area (Å²) in [6.07, 6.45) is 6.73. The first kappa shape index (κ1) is 14.3. The van der Waals surface area contributed by atoms with Gasteiger partial charge in [-0.3, -0.25) is 0 Å². The second-order valence-electron chi connectivity index (χ2n) is 4.01. The molecule has 3 N–H and O–H groups in total. The molecule has 0 unspecified atom stereocenters. The summed E-state index contributed by atoms with van der Waals surface area (Å²) in [4.78, 5) is 8.73. The van der Waals surface area contributed by atoms with E-state index in [-0.39, 0.29) is 0 Å². The molecule has 5 heteroatoms. The summed E-state index contributed by atoms with van der Waals surface area (Å²) in [5.41, 5.74) is 6.46. The molecule has 0 aliphatic heterocycles. The number of hydrogen-bond donors (Lipinski definition) is 2. The molecule has 1 aromatic rings. The number of nitrogens with zero attached hydrogens (tertiary/aromatic N) is 2. The third kappa shape index (κ3) is 5.89. The predicted octanol–water partition coefficient (Wildman–Crippen LogP) is 2.44. The largest absolute Gasteiger partial charge is 0.370 e. The zero-order valence-electron chi connectivity index (χ0n) is 10.7. The Morgan fingerprint density at radius 3 is 2.71 bits per heavy atom. The summed E-state index contributed by atoms with van der Waals surface area (Å²) < 4.78 is 0. The lowest BCUT2D eigenvalue weighted by atomic mass is 10.2. The van der Waals surface area contributed by atoms with Crippen LogP contribution >= 0.6 is 11.8 Å². The van der Waals surface area contributed by atoms with Gasteiger partial charge >= 0.3 is 0 Å². The first-order valence-electron chi connectivity index (χ1n) is 6.10. The smallest absolute Gasteiger partial charge is 0.189 e. The fourth-order valence-corrected chi connectivity index (χ4v) is 1.99. The maximum Gasteiger partial charge on any atom is 0.189 e. The molecular weight excluding hydrogens is 232 g/mol. The number of aryl methyl sites for hydroxylation is 1. The van der Waals surface area contributed by atoms with Crippen LogP contribution in [-0.2, 0) is 0 Å². The first-order valence-corrected chi connectivity index (χ1v) is 7.32. The minimum absolute atomic E-state index is 0.801. The number of unbranched alkanes of at least 4 members (excludes halogenated alkanes) is 3. The van der Waals surface area contributed by atoms with Gasteiger partial charge in [-0.25, -0.2) is 9.97 Å². The Morgan fingerprint density at radius 1 is 1.24 bits per heavy atom. The number of rotatable bonds is 8. The van der Waals surface area contributed by atoms with Gasteiger partial charge in [-0.1, -0.05) is 24.6 Å². The van der Waals surface area contributed by atoms with Crippen LogP contribution in [0.25, 0.3) is 0 Å². The van der Waals surface area contributed by atoms with Crippen molar-refractivity contribution in [2.24, 2.45) is 5.73 Å². The van der Waals surface area contributed by atoms with E-state index in [1.54, 1.807) is 11.8 Å². The minimum Gasteiger partial charge on any atom is -0.370 e. The zero-order chi connectivity index (χ0) is 12.5. The number of anilines is 1. The van der Waals surface area contributed by atoms with Gasteiger partial charge in [-0.05, 0) is 32.6 Å². The molecule has 0 aromatic carbocycles. The highest BCUT2D eigenvalue weighted by molar-refractivity contribution is 7.98. The van der Waals surface area contributed by atoms with E-state index in [0.717, 1.165) is 42.6 Å². The second-order valence-corrected chi connectivity index (χ2v) is 4.78. The first-order chi connectivity index (χ1) is 8.26. The highest BCUT2D eigenvalue weighted by Gasteiger charge is 2.00. The van der Waals surface area contributed by atoms with Crippen LogP contribution in [0.2, 0.25) is 0 Å². The third-order valence-electron chi connectivity index (χ3n) is 2.45. The highest BCUT2D eigenvalue weighted by atomic mass is 32.2. The molecule has 0 saturated heterocycles. The van der Waals surface area contributed by atoms with Crippen molar-refractivity contribution in [3.8, 4) is 0 Å². The topological polar surface area (TPSA) is 63.8 Å². The molecule has 1 rings (SSSR count). The van der Waals surface area contributed by atoms with E-state index in [0.29, 0.717) is 0 Å². The number of thioether (sulfide) groups is 1. The molecule has 0 radical (unpaired) electrons. The Bertz CT molecular complexity index is 330. The molecule has 1 heterocycles. The van der Waals surface area contributed by atoms with Gasteiger partial charge in [0.25, 0.3) is 0 Å². The normalized spacial score (nSPS) is 10.5. The van der Waals surface area contributed by atoms with Crippen molar-refractivity contribution in [1.29, 1.82) is 0 Å². The standard InChI is InChI=1S/C12H22N4S/c1-10-9-11(16-12(15-10)17-2)14-8-6-4-3-5-7-13/h9H,3-8,13H2,1-2H3,(H,14,15,16). The van der Waals surface area contributed by atoms with Gasteiger partial charge in [0.1, 0.15) is 5.82 Å². The summed E-state index contributed by atoms with van der Waals surface area (Å²) in [5.74, 6) is 0.931. The van der Waals surface area contributed by atoms with Crippen LogP contribution < -0.4 is 11.1 Å². The van der Waals surface area contributed by atoms with Crippen molar-refractivity contribution in [3.63, 3.8) is 0 Å². The summed E-state index contributed by atoms with van der Waals surface area (Å²) in [6, 6.07) is 1.99. The predicted molar refractivity (Wildman–Crippen MR) is 74.6 cm³/mol. The van der Waals surface area contributed by atoms with E-state index >= 15 is 0 Å². The van der Waals surface area contributed by atoms with Crippen molar-refractivity contribution in [3.05, 3.63) is 11.8 Å². The van der Waals surface area contributed by atoms with Gasteiger partial charge < -0.3 is 11.1 Å². The summed E-state index contributed by atoms with van der Waals surface area (Å²) in [5, 5.41) is 4.17. The highest BCUT2D eigenvalue weighted by Crippen LogP contribution is 2.13. The molecule has 0 spiro atoms. The van der Waals surface area contributed by atoms with Crippen LogP contribution in [0.1, 0.15) is 31.4 Å². The van der Waals surface area contributed by atoms with Gasteiger partial charge in [0, 0.05) is 18.3 Å². The number of nitrogens with two attached hydrogens (primary N) is 1. The molecule has 0 saturated carbocycles. The molecule has 1 aromatic heterocycles. The SMILES string of the molecule is CSc1nc(C)cc(NCCCCCCN)n1. The maximum absolute atomic E-state index is 5.45. The molecule has 0 bridgehead atoms. The molecule has 0 amide bonds. The Labute approximate surface area is 108 Å². The average Bonchev–Trinajstić information content (AvgIpc) is 2.33. The maximum atomic E-state index is 5.45. The van der Waals surface area contributed by atoms with E-state index in [4.69, 9.17) is 5.73 Å². The molecule has 96 valence electrons. The van der Waals surface area contributed by atoms with Crippen LogP contribution in [-0.4, -0.2) is 29.3 Å². The minimum atomic E-state index is 0.801. The van der Waals surface area contributed by atoms with Crippen molar-refractivity contribution < 1.29 is 0 Å². The van der Waals surface area contributed by atoms with Gasteiger partial charge in [0.05, 0.1) is 0 Å². The number of hydrogen-bond acceptors (Lipinski definition) is 5. The lowest BCUT2D eigenvalue weighted by Crippen LogP contribution is -2.05. The van der Waals surface area contributed by atoms with Gasteiger partial charge in [-0.2, -0.15) is 0 Å². The van der Waals surface area contributed by atoms with Gasteiger partial charge in [0.15, 0.2) is 5.16 Å². The van der Waals surface area contributed by atoms with Crippen molar-refractivity contribution in [2.75, 3.05) is 24.7 Å². The Hall–Kier alpha value is -0.810. The summed E-state index contributed by atoms with van der Waals surface area (Å²) >= 11 is 1.57. The summed E-state index contributed by atoms with van der Waals surface area (Å²) in [6.45, 7) is 3.76. The van der Waals surface area contributed by atoms with Crippen LogP contribution in [0.4, 0.5) is 5.82 Å². The van der Waals surface area contributed by atoms with Crippen LogP contribution in [0.5, 0.6) is 0 Å². The van der Waals surface area contributed by atoms with Crippen LogP contribution in [0.3, 0.4) is 0 Å². The fourth-order valence-electron chi connectivity index (χ4n) is 1.56. The van der Waals surface area contributed by atoms with E-state index in [9.17, 15) is 0 Å². The van der Waals surface area contributed by atoms with Crippen LogP contribution in [0, 0.1) is 6.92 Å². The van der Waals surface area contributed by atoms with Gasteiger partial charge in [0.2, 0.25) is 0 Å². The molecule has 0 fully saturated rings. The van der Waals surface area contributed by atoms with E-state index in [1.807, 2.05) is 19.2 Å². The molecule has 0 aliphatic rings. The van der Waals surface area contributed by atoms with Crippen molar-refractivity contribution in [1.82, 2.24) is 9.97 Å². The third-order valence-corrected chi connectivity index (χ3v) is 3.00. The second kappa shape index (κ2) is 8.31. The fraction of sp³-hybridized carbons (Fsp3) is 0.667. The molecule has 17 heavy (non-hydrogen) atoms. The zero-order valence-corrected chi connectivity index (χ0v) is 11.5. The average molecular weight is 254 g/mol. The number of aromatic nitrogens is 2. The molecule has 0 atom stereocenters. The summed E-state index contributed by atoms with van der Waals surface area (Å²) in [7, 11) is 0. The van der Waals surface area contributed by atoms with E-state index in [2.05, 4.69) is 15.3 Å². The van der Waals surface area contributed by atoms with Crippen molar-refractivity contribution >= 4 is 17.6 Å². The van der Waals surface area contributed by atoms with E-state index < -0.39 is 0 Å². The monoisotopic (exact) mass is 254 g/mol.